The third kappa shape index (κ3) is 3.01. The van der Waals surface area contributed by atoms with E-state index in [2.05, 4.69) is 5.32 Å². The number of nitrogens with two attached hydrogens (primary N) is 1. The van der Waals surface area contributed by atoms with Gasteiger partial charge in [-0.1, -0.05) is 18.9 Å². The first kappa shape index (κ1) is 16.5. The van der Waals surface area contributed by atoms with Gasteiger partial charge in [-0.2, -0.15) is 0 Å². The third-order valence-electron chi connectivity index (χ3n) is 4.61. The summed E-state index contributed by atoms with van der Waals surface area (Å²) in [5.74, 6) is -0.474. The molecule has 0 saturated heterocycles. The molecule has 128 valence electrons. The lowest BCUT2D eigenvalue weighted by Gasteiger charge is -2.20. The Kier molecular flexibility index (Phi) is 4.57. The fraction of sp³-hybridized carbons (Fsp3) is 0.444. The highest BCUT2D eigenvalue weighted by Gasteiger charge is 2.22. The van der Waals surface area contributed by atoms with E-state index in [0.717, 1.165) is 31.2 Å². The molecule has 6 nitrogen and oxygen atoms in total. The fourth-order valence-corrected chi connectivity index (χ4v) is 3.40. The Bertz CT molecular complexity index is 820. The monoisotopic (exact) mass is 329 g/mol. The molecule has 1 heterocycles. The number of nitrogen functional groups attached to an aromatic ring is 1. The number of nitrogens with one attached hydrogen (secondary N) is 1. The maximum Gasteiger partial charge on any atom is 0.256 e. The summed E-state index contributed by atoms with van der Waals surface area (Å²) in [6.07, 6.45) is 5.32. The van der Waals surface area contributed by atoms with Crippen molar-refractivity contribution in [1.82, 2.24) is 9.88 Å². The number of amides is 1. The van der Waals surface area contributed by atoms with E-state index in [1.165, 1.54) is 0 Å². The molecule has 1 aliphatic rings. The second kappa shape index (κ2) is 6.65. The van der Waals surface area contributed by atoms with Crippen LogP contribution in [0.2, 0.25) is 0 Å². The molecule has 0 aliphatic heterocycles. The van der Waals surface area contributed by atoms with Gasteiger partial charge in [-0.15, -0.1) is 0 Å². The van der Waals surface area contributed by atoms with Gasteiger partial charge in [0.15, 0.2) is 0 Å². The molecule has 3 rings (SSSR count). The molecule has 1 aromatic heterocycles. The highest BCUT2D eigenvalue weighted by atomic mass is 16.3. The lowest BCUT2D eigenvalue weighted by Crippen LogP contribution is -2.34. The lowest BCUT2D eigenvalue weighted by atomic mass is 10.1. The standard InChI is InChI=1S/C18H23N3O3/c1-11(22)9-20-18(24)13-10-21(12-5-2-3-6-12)15-8-4-7-14(19)16(15)17(13)23/h4,7-8,10-12,22H,2-3,5-6,9,19H2,1H3,(H,20,24). The molecule has 6 heteroatoms. The molecule has 1 amide bonds. The molecule has 0 radical (unpaired) electrons. The van der Waals surface area contributed by atoms with Crippen molar-refractivity contribution < 1.29 is 9.90 Å². The minimum absolute atomic E-state index is 0.0768. The van der Waals surface area contributed by atoms with Crippen molar-refractivity contribution in [1.29, 1.82) is 0 Å². The van der Waals surface area contributed by atoms with Crippen molar-refractivity contribution in [3.05, 3.63) is 40.2 Å². The smallest absolute Gasteiger partial charge is 0.256 e. The molecule has 2 aromatic rings. The Hall–Kier alpha value is -2.34. The fourth-order valence-electron chi connectivity index (χ4n) is 3.40. The van der Waals surface area contributed by atoms with Crippen molar-refractivity contribution in [2.24, 2.45) is 0 Å². The van der Waals surface area contributed by atoms with E-state index < -0.39 is 12.0 Å². The molecule has 1 unspecified atom stereocenters. The number of rotatable bonds is 4. The number of aliphatic hydroxyl groups excluding tert-OH is 1. The van der Waals surface area contributed by atoms with E-state index >= 15 is 0 Å². The molecule has 4 N–H and O–H groups in total. The van der Waals surface area contributed by atoms with Crippen LogP contribution in [-0.2, 0) is 0 Å². The molecule has 1 saturated carbocycles. The Morgan fingerprint density at radius 1 is 1.42 bits per heavy atom. The van der Waals surface area contributed by atoms with Crippen LogP contribution in [0, 0.1) is 0 Å². The van der Waals surface area contributed by atoms with Gasteiger partial charge in [0.1, 0.15) is 5.56 Å². The van der Waals surface area contributed by atoms with Crippen LogP contribution >= 0.6 is 0 Å². The molecule has 1 aromatic carbocycles. The van der Waals surface area contributed by atoms with E-state index in [1.54, 1.807) is 19.2 Å². The van der Waals surface area contributed by atoms with Crippen molar-refractivity contribution >= 4 is 22.5 Å². The SMILES string of the molecule is CC(O)CNC(=O)c1cn(C2CCCC2)c2cccc(N)c2c1=O. The zero-order valence-electron chi connectivity index (χ0n) is 13.8. The highest BCUT2D eigenvalue weighted by molar-refractivity contribution is 6.00. The first-order chi connectivity index (χ1) is 11.5. The predicted molar refractivity (Wildman–Crippen MR) is 94.1 cm³/mol. The van der Waals surface area contributed by atoms with Crippen LogP contribution in [0.5, 0.6) is 0 Å². The number of aliphatic hydroxyl groups is 1. The van der Waals surface area contributed by atoms with Gasteiger partial charge in [0, 0.05) is 24.5 Å². The highest BCUT2D eigenvalue weighted by Crippen LogP contribution is 2.32. The van der Waals surface area contributed by atoms with Crippen LogP contribution in [-0.4, -0.2) is 28.2 Å². The van der Waals surface area contributed by atoms with Gasteiger partial charge < -0.3 is 20.7 Å². The molecule has 1 aliphatic carbocycles. The van der Waals surface area contributed by atoms with Crippen LogP contribution in [0.4, 0.5) is 5.69 Å². The minimum atomic E-state index is -0.670. The molecule has 0 spiro atoms. The molecule has 1 fully saturated rings. The summed E-state index contributed by atoms with van der Waals surface area (Å²) in [5.41, 5.74) is 6.91. The van der Waals surface area contributed by atoms with Crippen molar-refractivity contribution in [2.75, 3.05) is 12.3 Å². The first-order valence-electron chi connectivity index (χ1n) is 8.38. The van der Waals surface area contributed by atoms with Crippen LogP contribution in [0.3, 0.4) is 0 Å². The van der Waals surface area contributed by atoms with E-state index in [4.69, 9.17) is 5.73 Å². The Morgan fingerprint density at radius 2 is 2.12 bits per heavy atom. The van der Waals surface area contributed by atoms with Gasteiger partial charge in [-0.05, 0) is 31.9 Å². The summed E-state index contributed by atoms with van der Waals surface area (Å²) in [7, 11) is 0. The molecule has 1 atom stereocenters. The molecule has 24 heavy (non-hydrogen) atoms. The maximum atomic E-state index is 12.8. The molecular weight excluding hydrogens is 306 g/mol. The van der Waals surface area contributed by atoms with Crippen molar-refractivity contribution in [2.45, 2.75) is 44.8 Å². The number of fused-ring (bicyclic) bond motifs is 1. The van der Waals surface area contributed by atoms with Gasteiger partial charge in [0.05, 0.1) is 17.0 Å². The summed E-state index contributed by atoms with van der Waals surface area (Å²) in [5, 5.41) is 12.3. The number of carbonyl (C=O) groups excluding carboxylic acids is 1. The van der Waals surface area contributed by atoms with E-state index in [1.807, 2.05) is 16.7 Å². The van der Waals surface area contributed by atoms with E-state index in [9.17, 15) is 14.7 Å². The second-order valence-corrected chi connectivity index (χ2v) is 6.52. The normalized spacial score (nSPS) is 16.4. The van der Waals surface area contributed by atoms with Crippen LogP contribution in [0.15, 0.2) is 29.2 Å². The number of anilines is 1. The molecule has 0 bridgehead atoms. The van der Waals surface area contributed by atoms with E-state index in [-0.39, 0.29) is 23.6 Å². The average Bonchev–Trinajstić information content (AvgIpc) is 3.07. The Morgan fingerprint density at radius 3 is 2.79 bits per heavy atom. The van der Waals surface area contributed by atoms with Crippen LogP contribution in [0.1, 0.15) is 49.0 Å². The number of benzene rings is 1. The number of hydrogen-bond donors (Lipinski definition) is 3. The average molecular weight is 329 g/mol. The summed E-state index contributed by atoms with van der Waals surface area (Å²) in [6.45, 7) is 1.68. The van der Waals surface area contributed by atoms with Gasteiger partial charge in [0.2, 0.25) is 5.43 Å². The molecular formula is C18H23N3O3. The largest absolute Gasteiger partial charge is 0.398 e. The quantitative estimate of drug-likeness (QED) is 0.745. The van der Waals surface area contributed by atoms with Crippen molar-refractivity contribution in [3.63, 3.8) is 0 Å². The predicted octanol–water partition coefficient (Wildman–Crippen LogP) is 1.81. The van der Waals surface area contributed by atoms with Gasteiger partial charge in [-0.25, -0.2) is 0 Å². The van der Waals surface area contributed by atoms with Crippen LogP contribution in [0.25, 0.3) is 10.9 Å². The lowest BCUT2D eigenvalue weighted by molar-refractivity contribution is 0.0922. The minimum Gasteiger partial charge on any atom is -0.398 e. The van der Waals surface area contributed by atoms with Gasteiger partial charge in [-0.3, -0.25) is 9.59 Å². The topological polar surface area (TPSA) is 97.3 Å². The van der Waals surface area contributed by atoms with E-state index in [0.29, 0.717) is 11.1 Å². The summed E-state index contributed by atoms with van der Waals surface area (Å²) in [4.78, 5) is 25.2. The number of nitrogens with zero attached hydrogens (tertiary/aromatic N) is 1. The number of carbonyl (C=O) groups is 1. The zero-order chi connectivity index (χ0) is 17.3. The number of pyridine rings is 1. The summed E-state index contributed by atoms with van der Waals surface area (Å²) in [6, 6.07) is 5.66. The van der Waals surface area contributed by atoms with Gasteiger partial charge >= 0.3 is 0 Å². The Labute approximate surface area is 140 Å². The second-order valence-electron chi connectivity index (χ2n) is 6.52. The van der Waals surface area contributed by atoms with Crippen molar-refractivity contribution in [3.8, 4) is 0 Å². The van der Waals surface area contributed by atoms with Crippen LogP contribution < -0.4 is 16.5 Å². The summed E-state index contributed by atoms with van der Waals surface area (Å²) < 4.78 is 2.03. The zero-order valence-corrected chi connectivity index (χ0v) is 13.8. The van der Waals surface area contributed by atoms with Gasteiger partial charge in [0.25, 0.3) is 5.91 Å². The first-order valence-corrected chi connectivity index (χ1v) is 8.38. The summed E-state index contributed by atoms with van der Waals surface area (Å²) >= 11 is 0. The number of aromatic nitrogens is 1. The third-order valence-corrected chi connectivity index (χ3v) is 4.61. The maximum absolute atomic E-state index is 12.8. The Balaban J connectivity index is 2.15. The number of hydrogen-bond acceptors (Lipinski definition) is 4.